The maximum atomic E-state index is 8.59. The highest BCUT2D eigenvalue weighted by Gasteiger charge is 1.94. The highest BCUT2D eigenvalue weighted by atomic mass is 32.2. The Hall–Kier alpha value is -0.870. The minimum atomic E-state index is -3.12. The van der Waals surface area contributed by atoms with Crippen LogP contribution in [0.25, 0.3) is 0 Å². The molecule has 0 spiro atoms. The molecule has 0 radical (unpaired) electrons. The number of rotatable bonds is 11. The molecule has 0 aliphatic carbocycles. The first-order valence-electron chi connectivity index (χ1n) is 8.54. The van der Waals surface area contributed by atoms with Gasteiger partial charge < -0.3 is 0 Å². The van der Waals surface area contributed by atoms with E-state index in [9.17, 15) is 0 Å². The molecule has 1 aromatic carbocycles. The second kappa shape index (κ2) is 16.5. The third-order valence-corrected chi connectivity index (χ3v) is 3.66. The maximum Gasteiger partial charge on any atom is 0.254 e. The lowest BCUT2D eigenvalue weighted by molar-refractivity contribution is 0.509. The van der Waals surface area contributed by atoms with E-state index in [1.807, 2.05) is 0 Å². The van der Waals surface area contributed by atoms with Crippen LogP contribution in [0.2, 0.25) is 0 Å². The van der Waals surface area contributed by atoms with Gasteiger partial charge in [0, 0.05) is 0 Å². The summed E-state index contributed by atoms with van der Waals surface area (Å²) in [4.78, 5) is 0. The molecule has 0 atom stereocenters. The summed E-state index contributed by atoms with van der Waals surface area (Å²) in [6.07, 6.45) is 15.5. The van der Waals surface area contributed by atoms with Gasteiger partial charge >= 0.3 is 0 Å². The minimum Gasteiger partial charge on any atom is -0.288 e. The Bertz CT molecular complexity index is 394. The summed E-state index contributed by atoms with van der Waals surface area (Å²) in [5.41, 5.74) is 1.50. The van der Waals surface area contributed by atoms with Gasteiger partial charge in [0.2, 0.25) is 0 Å². The molecule has 0 aromatic heterocycles. The van der Waals surface area contributed by atoms with E-state index in [4.69, 9.17) is 13.0 Å². The van der Waals surface area contributed by atoms with Crippen LogP contribution in [0, 0.1) is 0 Å². The topological polar surface area (TPSA) is 54.4 Å². The van der Waals surface area contributed by atoms with E-state index in [1.54, 1.807) is 0 Å². The van der Waals surface area contributed by atoms with Gasteiger partial charge in [-0.1, -0.05) is 95.0 Å². The van der Waals surface area contributed by atoms with Gasteiger partial charge in [-0.15, -0.1) is 0 Å². The van der Waals surface area contributed by atoms with Gasteiger partial charge in [0.1, 0.15) is 0 Å². The predicted octanol–water partition coefficient (Wildman–Crippen LogP) is 5.22. The molecule has 0 saturated heterocycles. The zero-order valence-electron chi connectivity index (χ0n) is 13.9. The Labute approximate surface area is 137 Å². The Balaban J connectivity index is 0.000000980. The Morgan fingerprint density at radius 1 is 0.773 bits per heavy atom. The number of aryl methyl sites for hydroxylation is 1. The molecule has 0 aliphatic heterocycles. The standard InChI is InChI=1S/C18H30.H2O3S/c1-2-3-4-5-6-7-8-9-10-12-15-18-16-13-11-14-17-18;1-4(2)3/h11,13-14,16-17H,2-10,12,15H2,1H3;4H,(H,1,2,3). The van der Waals surface area contributed by atoms with Crippen LogP contribution in [0.5, 0.6) is 0 Å². The van der Waals surface area contributed by atoms with Crippen molar-refractivity contribution in [3.63, 3.8) is 0 Å². The first kappa shape index (κ1) is 21.1. The van der Waals surface area contributed by atoms with Crippen LogP contribution >= 0.6 is 0 Å². The van der Waals surface area contributed by atoms with Crippen molar-refractivity contribution in [3.8, 4) is 0 Å². The fourth-order valence-corrected chi connectivity index (χ4v) is 2.46. The van der Waals surface area contributed by atoms with Crippen molar-refractivity contribution in [3.05, 3.63) is 35.9 Å². The fraction of sp³-hybridized carbons (Fsp3) is 0.667. The number of benzene rings is 1. The lowest BCUT2D eigenvalue weighted by atomic mass is 10.0. The van der Waals surface area contributed by atoms with Gasteiger partial charge in [-0.2, -0.15) is 0 Å². The molecule has 0 fully saturated rings. The summed E-state index contributed by atoms with van der Waals surface area (Å²) in [5, 5.41) is 0. The molecule has 0 unspecified atom stereocenters. The normalized spacial score (nSPS) is 10.3. The average molecular weight is 329 g/mol. The summed E-state index contributed by atoms with van der Waals surface area (Å²) in [6.45, 7) is 2.28. The average Bonchev–Trinajstić information content (AvgIpc) is 2.50. The molecule has 0 heterocycles. The number of hydrogen-bond donors (Lipinski definition) is 2. The Kier molecular flexibility index (Phi) is 15.8. The van der Waals surface area contributed by atoms with Crippen LogP contribution in [0.15, 0.2) is 30.3 Å². The smallest absolute Gasteiger partial charge is 0.254 e. The molecule has 128 valence electrons. The third kappa shape index (κ3) is 17.2. The van der Waals surface area contributed by atoms with Gasteiger partial charge in [-0.25, -0.2) is 8.42 Å². The van der Waals surface area contributed by atoms with Crippen molar-refractivity contribution in [1.29, 1.82) is 0 Å². The lowest BCUT2D eigenvalue weighted by Gasteiger charge is -2.03. The molecule has 0 bridgehead atoms. The van der Waals surface area contributed by atoms with Crippen LogP contribution in [-0.2, 0) is 17.4 Å². The van der Waals surface area contributed by atoms with Crippen molar-refractivity contribution in [2.75, 3.05) is 0 Å². The summed E-state index contributed by atoms with van der Waals surface area (Å²) < 4.78 is 24.2. The first-order valence-corrected chi connectivity index (χ1v) is 9.67. The van der Waals surface area contributed by atoms with Crippen molar-refractivity contribution < 1.29 is 13.0 Å². The second-order valence-electron chi connectivity index (χ2n) is 5.66. The minimum absolute atomic E-state index is 1.26. The zero-order chi connectivity index (χ0) is 16.5. The summed E-state index contributed by atoms with van der Waals surface area (Å²) in [5.74, 6) is 0. The third-order valence-electron chi connectivity index (χ3n) is 3.66. The molecule has 22 heavy (non-hydrogen) atoms. The van der Waals surface area contributed by atoms with Crippen LogP contribution in [0.3, 0.4) is 0 Å². The van der Waals surface area contributed by atoms with Crippen LogP contribution in [-0.4, -0.2) is 13.0 Å². The fourth-order valence-electron chi connectivity index (χ4n) is 2.46. The SMILES string of the molecule is CCCCCCCCCCCCc1ccccc1.O=[SH](=O)O. The van der Waals surface area contributed by atoms with Crippen molar-refractivity contribution in [1.82, 2.24) is 0 Å². The Morgan fingerprint density at radius 3 is 1.64 bits per heavy atom. The van der Waals surface area contributed by atoms with E-state index >= 15 is 0 Å². The van der Waals surface area contributed by atoms with E-state index in [0.29, 0.717) is 0 Å². The van der Waals surface area contributed by atoms with Gasteiger partial charge in [0.15, 0.2) is 0 Å². The number of hydrogen-bond acceptors (Lipinski definition) is 2. The molecule has 0 aliphatic rings. The molecule has 1 aromatic rings. The van der Waals surface area contributed by atoms with Crippen molar-refractivity contribution >= 4 is 11.0 Å². The highest BCUT2D eigenvalue weighted by Crippen LogP contribution is 2.12. The monoisotopic (exact) mass is 328 g/mol. The Morgan fingerprint density at radius 2 is 1.18 bits per heavy atom. The van der Waals surface area contributed by atoms with Crippen molar-refractivity contribution in [2.24, 2.45) is 0 Å². The van der Waals surface area contributed by atoms with E-state index in [2.05, 4.69) is 37.3 Å². The van der Waals surface area contributed by atoms with Gasteiger partial charge in [-0.05, 0) is 18.4 Å². The van der Waals surface area contributed by atoms with Crippen molar-refractivity contribution in [2.45, 2.75) is 77.6 Å². The maximum absolute atomic E-state index is 8.59. The first-order chi connectivity index (χ1) is 10.7. The van der Waals surface area contributed by atoms with Gasteiger partial charge in [-0.3, -0.25) is 4.55 Å². The summed E-state index contributed by atoms with van der Waals surface area (Å²) in [6, 6.07) is 10.9. The molecule has 4 heteroatoms. The molecule has 1 N–H and O–H groups in total. The summed E-state index contributed by atoms with van der Waals surface area (Å²) >= 11 is 0. The molecule has 1 rings (SSSR count). The highest BCUT2D eigenvalue weighted by molar-refractivity contribution is 7.66. The van der Waals surface area contributed by atoms with E-state index in [1.165, 1.54) is 76.2 Å². The molecule has 0 saturated carbocycles. The van der Waals surface area contributed by atoms with Crippen LogP contribution < -0.4 is 0 Å². The second-order valence-corrected chi connectivity index (χ2v) is 6.13. The quantitative estimate of drug-likeness (QED) is 0.332. The predicted molar refractivity (Wildman–Crippen MR) is 94.9 cm³/mol. The largest absolute Gasteiger partial charge is 0.288 e. The molecule has 3 nitrogen and oxygen atoms in total. The molecule has 0 amide bonds. The summed E-state index contributed by atoms with van der Waals surface area (Å²) in [7, 11) is -3.12. The number of thiol groups is 1. The lowest BCUT2D eigenvalue weighted by Crippen LogP contribution is -1.86. The van der Waals surface area contributed by atoms with Crippen LogP contribution in [0.1, 0.15) is 76.7 Å². The molecular weight excluding hydrogens is 296 g/mol. The van der Waals surface area contributed by atoms with E-state index in [0.717, 1.165) is 0 Å². The van der Waals surface area contributed by atoms with E-state index < -0.39 is 11.0 Å². The number of unbranched alkanes of at least 4 members (excludes halogenated alkanes) is 9. The van der Waals surface area contributed by atoms with Crippen LogP contribution in [0.4, 0.5) is 0 Å². The van der Waals surface area contributed by atoms with E-state index in [-0.39, 0.29) is 0 Å². The zero-order valence-corrected chi connectivity index (χ0v) is 14.8. The van der Waals surface area contributed by atoms with Gasteiger partial charge in [0.25, 0.3) is 11.0 Å². The van der Waals surface area contributed by atoms with Gasteiger partial charge in [0.05, 0.1) is 0 Å². The molecular formula is C18H32O3S.